The van der Waals surface area contributed by atoms with Crippen LogP contribution in [0.25, 0.3) is 10.9 Å². The molecule has 2 aromatic rings. The maximum Gasteiger partial charge on any atom is 0.410 e. The van der Waals surface area contributed by atoms with Crippen molar-refractivity contribution in [3.05, 3.63) is 41.6 Å². The number of hydrogen-bond acceptors (Lipinski definition) is 4. The molecular formula is C20H27N3O2. The molecule has 1 aromatic carbocycles. The van der Waals surface area contributed by atoms with Crippen LogP contribution < -0.4 is 5.73 Å². The first-order valence-corrected chi connectivity index (χ1v) is 8.92. The van der Waals surface area contributed by atoms with E-state index in [1.807, 2.05) is 44.0 Å². The second-order valence-corrected chi connectivity index (χ2v) is 7.74. The number of likely N-dealkylation sites (tertiary alicyclic amines) is 1. The van der Waals surface area contributed by atoms with Gasteiger partial charge in [-0.2, -0.15) is 0 Å². The van der Waals surface area contributed by atoms with Crippen LogP contribution in [-0.4, -0.2) is 34.7 Å². The van der Waals surface area contributed by atoms with Crippen LogP contribution in [0.5, 0.6) is 0 Å². The van der Waals surface area contributed by atoms with E-state index >= 15 is 0 Å². The monoisotopic (exact) mass is 341 g/mol. The highest BCUT2D eigenvalue weighted by molar-refractivity contribution is 5.79. The molecule has 0 saturated carbocycles. The maximum atomic E-state index is 12.2. The third-order valence-electron chi connectivity index (χ3n) is 4.62. The minimum Gasteiger partial charge on any atom is -0.444 e. The average Bonchev–Trinajstić information content (AvgIpc) is 2.59. The van der Waals surface area contributed by atoms with Crippen LogP contribution in [0.3, 0.4) is 0 Å². The van der Waals surface area contributed by atoms with Gasteiger partial charge >= 0.3 is 6.09 Å². The van der Waals surface area contributed by atoms with Crippen LogP contribution in [0.1, 0.15) is 50.7 Å². The second kappa shape index (κ2) is 7.00. The summed E-state index contributed by atoms with van der Waals surface area (Å²) in [6.07, 6.45) is 3.62. The Balaban J connectivity index is 1.68. The molecule has 2 heterocycles. The van der Waals surface area contributed by atoms with Crippen molar-refractivity contribution >= 4 is 17.0 Å². The van der Waals surface area contributed by atoms with E-state index in [-0.39, 0.29) is 6.09 Å². The first-order valence-electron chi connectivity index (χ1n) is 8.92. The van der Waals surface area contributed by atoms with Crippen LogP contribution in [-0.2, 0) is 11.3 Å². The summed E-state index contributed by atoms with van der Waals surface area (Å²) in [7, 11) is 0. The van der Waals surface area contributed by atoms with Gasteiger partial charge in [-0.3, -0.25) is 4.98 Å². The molecule has 134 valence electrons. The van der Waals surface area contributed by atoms with Gasteiger partial charge in [0.1, 0.15) is 5.60 Å². The Morgan fingerprint density at radius 1 is 1.28 bits per heavy atom. The zero-order valence-corrected chi connectivity index (χ0v) is 15.3. The summed E-state index contributed by atoms with van der Waals surface area (Å²) >= 11 is 0. The van der Waals surface area contributed by atoms with Crippen molar-refractivity contribution in [2.24, 2.45) is 5.73 Å². The number of hydrogen-bond donors (Lipinski definition) is 1. The van der Waals surface area contributed by atoms with E-state index in [4.69, 9.17) is 10.5 Å². The predicted molar refractivity (Wildman–Crippen MR) is 99.4 cm³/mol. The number of carbonyl (C=O) groups excluding carboxylic acids is 1. The van der Waals surface area contributed by atoms with Gasteiger partial charge in [-0.1, -0.05) is 6.07 Å². The summed E-state index contributed by atoms with van der Waals surface area (Å²) in [6, 6.07) is 8.37. The maximum absolute atomic E-state index is 12.2. The van der Waals surface area contributed by atoms with Gasteiger partial charge in [0.2, 0.25) is 0 Å². The highest BCUT2D eigenvalue weighted by Crippen LogP contribution is 2.30. The van der Waals surface area contributed by atoms with E-state index in [1.54, 1.807) is 0 Å². The van der Waals surface area contributed by atoms with Gasteiger partial charge in [0.05, 0.1) is 5.52 Å². The average molecular weight is 341 g/mol. The largest absolute Gasteiger partial charge is 0.444 e. The Bertz CT molecular complexity index is 759. The number of pyridine rings is 1. The molecule has 5 heteroatoms. The van der Waals surface area contributed by atoms with Crippen LogP contribution in [0.15, 0.2) is 30.5 Å². The number of carbonyl (C=O) groups is 1. The van der Waals surface area contributed by atoms with E-state index < -0.39 is 5.60 Å². The molecule has 1 saturated heterocycles. The molecule has 5 nitrogen and oxygen atoms in total. The molecule has 1 aliphatic heterocycles. The summed E-state index contributed by atoms with van der Waals surface area (Å²) in [5.74, 6) is 0.428. The lowest BCUT2D eigenvalue weighted by Crippen LogP contribution is -2.41. The van der Waals surface area contributed by atoms with Gasteiger partial charge in [0, 0.05) is 31.2 Å². The van der Waals surface area contributed by atoms with Crippen LogP contribution >= 0.6 is 0 Å². The van der Waals surface area contributed by atoms with Crippen molar-refractivity contribution in [3.8, 4) is 0 Å². The molecular weight excluding hydrogens is 314 g/mol. The van der Waals surface area contributed by atoms with E-state index in [0.29, 0.717) is 12.5 Å². The number of rotatable bonds is 2. The molecule has 1 fully saturated rings. The number of nitrogens with two attached hydrogens (primary N) is 1. The molecule has 3 rings (SSSR count). The standard InChI is InChI=1S/C20H27N3O2/c1-20(2,3)25-19(24)23-8-6-15(7-9-23)17-11-16-10-14(12-21)4-5-18(16)22-13-17/h4-5,10-11,13,15H,6-9,12,21H2,1-3H3. The van der Waals surface area contributed by atoms with Gasteiger partial charge in [-0.15, -0.1) is 0 Å². The molecule has 0 radical (unpaired) electrons. The van der Waals surface area contributed by atoms with Gasteiger partial charge in [-0.25, -0.2) is 4.79 Å². The number of piperidine rings is 1. The molecule has 1 amide bonds. The lowest BCUT2D eigenvalue weighted by Gasteiger charge is -2.33. The molecule has 0 atom stereocenters. The third-order valence-corrected chi connectivity index (χ3v) is 4.62. The van der Waals surface area contributed by atoms with Crippen molar-refractivity contribution in [3.63, 3.8) is 0 Å². The lowest BCUT2D eigenvalue weighted by molar-refractivity contribution is 0.0205. The van der Waals surface area contributed by atoms with Crippen molar-refractivity contribution < 1.29 is 9.53 Å². The quantitative estimate of drug-likeness (QED) is 0.902. The molecule has 25 heavy (non-hydrogen) atoms. The number of fused-ring (bicyclic) bond motifs is 1. The van der Waals surface area contributed by atoms with Gasteiger partial charge in [-0.05, 0) is 68.9 Å². The first-order chi connectivity index (χ1) is 11.9. The molecule has 0 spiro atoms. The lowest BCUT2D eigenvalue weighted by atomic mass is 9.90. The van der Waals surface area contributed by atoms with Crippen molar-refractivity contribution in [1.82, 2.24) is 9.88 Å². The van der Waals surface area contributed by atoms with Crippen LogP contribution in [0.2, 0.25) is 0 Å². The highest BCUT2D eigenvalue weighted by Gasteiger charge is 2.27. The molecule has 1 aromatic heterocycles. The van der Waals surface area contributed by atoms with E-state index in [2.05, 4.69) is 17.1 Å². The Morgan fingerprint density at radius 3 is 2.64 bits per heavy atom. The van der Waals surface area contributed by atoms with Crippen LogP contribution in [0.4, 0.5) is 4.79 Å². The van der Waals surface area contributed by atoms with E-state index in [1.165, 1.54) is 5.56 Å². The zero-order valence-electron chi connectivity index (χ0n) is 15.3. The molecule has 0 bridgehead atoms. The Morgan fingerprint density at radius 2 is 2.00 bits per heavy atom. The highest BCUT2D eigenvalue weighted by atomic mass is 16.6. The fraction of sp³-hybridized carbons (Fsp3) is 0.500. The number of benzene rings is 1. The van der Waals surface area contributed by atoms with Crippen molar-refractivity contribution in [1.29, 1.82) is 0 Å². The fourth-order valence-corrected chi connectivity index (χ4v) is 3.27. The van der Waals surface area contributed by atoms with Gasteiger partial charge < -0.3 is 15.4 Å². The minimum atomic E-state index is -0.448. The smallest absolute Gasteiger partial charge is 0.410 e. The topological polar surface area (TPSA) is 68.5 Å². The Hall–Kier alpha value is -2.14. The predicted octanol–water partition coefficient (Wildman–Crippen LogP) is 3.81. The molecule has 0 unspecified atom stereocenters. The summed E-state index contributed by atoms with van der Waals surface area (Å²) in [5, 5.41) is 1.13. The number of amides is 1. The number of nitrogens with zero attached hydrogens (tertiary/aromatic N) is 2. The van der Waals surface area contributed by atoms with Crippen LogP contribution in [0, 0.1) is 0 Å². The minimum absolute atomic E-state index is 0.213. The molecule has 0 aliphatic carbocycles. The Kier molecular flexibility index (Phi) is 4.95. The molecule has 1 aliphatic rings. The van der Waals surface area contributed by atoms with Crippen molar-refractivity contribution in [2.75, 3.05) is 13.1 Å². The Labute approximate surface area is 149 Å². The first kappa shape index (κ1) is 17.7. The summed E-state index contributed by atoms with van der Waals surface area (Å²) in [6.45, 7) is 7.67. The summed E-state index contributed by atoms with van der Waals surface area (Å²) < 4.78 is 5.46. The third kappa shape index (κ3) is 4.28. The molecule has 2 N–H and O–H groups in total. The SMILES string of the molecule is CC(C)(C)OC(=O)N1CCC(c2cnc3ccc(CN)cc3c2)CC1. The second-order valence-electron chi connectivity index (χ2n) is 7.74. The number of aromatic nitrogens is 1. The van der Waals surface area contributed by atoms with E-state index in [0.717, 1.165) is 42.4 Å². The normalized spacial score (nSPS) is 16.2. The van der Waals surface area contributed by atoms with Crippen molar-refractivity contribution in [2.45, 2.75) is 51.7 Å². The zero-order chi connectivity index (χ0) is 18.0. The van der Waals surface area contributed by atoms with Gasteiger partial charge in [0.15, 0.2) is 0 Å². The van der Waals surface area contributed by atoms with E-state index in [9.17, 15) is 4.79 Å². The number of ether oxygens (including phenoxy) is 1. The van der Waals surface area contributed by atoms with Gasteiger partial charge in [0.25, 0.3) is 0 Å². The fourth-order valence-electron chi connectivity index (χ4n) is 3.27. The summed E-state index contributed by atoms with van der Waals surface area (Å²) in [5.41, 5.74) is 8.64. The summed E-state index contributed by atoms with van der Waals surface area (Å²) in [4.78, 5) is 18.6.